The zero-order valence-electron chi connectivity index (χ0n) is 62.5. The van der Waals surface area contributed by atoms with Gasteiger partial charge in [0, 0.05) is 108 Å². The van der Waals surface area contributed by atoms with Crippen molar-refractivity contribution in [3.63, 3.8) is 0 Å². The molecule has 0 saturated heterocycles. The Hall–Kier alpha value is -11.0. The zero-order chi connectivity index (χ0) is 72.2. The molecule has 106 heavy (non-hydrogen) atoms. The van der Waals surface area contributed by atoms with Crippen LogP contribution >= 0.6 is 0 Å². The summed E-state index contributed by atoms with van der Waals surface area (Å²) in [5.74, 6) is 0. The summed E-state index contributed by atoms with van der Waals surface area (Å²) in [6.07, 6.45) is 46.2. The molecule has 5 heteroatoms. The van der Waals surface area contributed by atoms with Crippen LogP contribution in [0, 0.1) is 0 Å². The number of aromatic nitrogens is 3. The molecule has 0 amide bonds. The molecular formula is C101H102N4O. The molecule has 3 heterocycles. The SMILES string of the molecule is CCCCCCCCn1c2ccccc2c2cc(/C=C/c3ccc(/C=C/c4ccc(N(c5ccc(/C=C/c6ccc(/C=C/c7ccc8c(c7)c7ccccc7n8CCCCCCCC)cc6)cc5)c5ccc(/C=C/c6ccc7c(c6)c6cc(C=O)ccc6n7CCCCCCCC)cc5)cc4)cc3)ccc21. The summed E-state index contributed by atoms with van der Waals surface area (Å²) < 4.78 is 7.53. The molecule has 0 aliphatic carbocycles. The highest BCUT2D eigenvalue weighted by atomic mass is 16.1. The summed E-state index contributed by atoms with van der Waals surface area (Å²) >= 11 is 0. The number of carbonyl (C=O) groups excluding carboxylic acids is 1. The van der Waals surface area contributed by atoms with Gasteiger partial charge in [-0.15, -0.1) is 0 Å². The van der Waals surface area contributed by atoms with Crippen molar-refractivity contribution in [1.82, 2.24) is 13.7 Å². The van der Waals surface area contributed by atoms with Gasteiger partial charge in [-0.3, -0.25) is 4.79 Å². The molecule has 0 unspecified atom stereocenters. The number of nitrogens with zero attached hydrogens (tertiary/aromatic N) is 4. The van der Waals surface area contributed by atoms with E-state index in [-0.39, 0.29) is 0 Å². The minimum Gasteiger partial charge on any atom is -0.340 e. The number of aryl methyl sites for hydroxylation is 3. The summed E-state index contributed by atoms with van der Waals surface area (Å²) in [7, 11) is 0. The minimum absolute atomic E-state index is 0.705. The smallest absolute Gasteiger partial charge is 0.150 e. The summed E-state index contributed by atoms with van der Waals surface area (Å²) in [6.45, 7) is 9.93. The Balaban J connectivity index is 0.668. The Morgan fingerprint density at radius 1 is 0.226 bits per heavy atom. The molecule has 0 N–H and O–H groups in total. The summed E-state index contributed by atoms with van der Waals surface area (Å²) in [5.41, 5.74) is 23.2. The first-order valence-corrected chi connectivity index (χ1v) is 39.6. The van der Waals surface area contributed by atoms with Crippen LogP contribution in [0.1, 0.15) is 202 Å². The van der Waals surface area contributed by atoms with Crippen molar-refractivity contribution in [1.29, 1.82) is 0 Å². The lowest BCUT2D eigenvalue weighted by molar-refractivity contribution is 0.112. The Kier molecular flexibility index (Phi) is 24.2. The minimum atomic E-state index is 0.705. The first-order valence-electron chi connectivity index (χ1n) is 39.6. The maximum absolute atomic E-state index is 12.0. The molecule has 14 rings (SSSR count). The van der Waals surface area contributed by atoms with Gasteiger partial charge in [-0.25, -0.2) is 0 Å². The maximum Gasteiger partial charge on any atom is 0.150 e. The predicted octanol–water partition coefficient (Wildman–Crippen LogP) is 29.2. The van der Waals surface area contributed by atoms with E-state index in [0.29, 0.717) is 5.56 Å². The molecule has 532 valence electrons. The molecule has 14 aromatic rings. The van der Waals surface area contributed by atoms with Crippen LogP contribution in [0.15, 0.2) is 243 Å². The van der Waals surface area contributed by atoms with Crippen LogP contribution in [-0.4, -0.2) is 20.0 Å². The molecule has 11 aromatic carbocycles. The molecular weight excluding hydrogens is 1290 g/mol. The van der Waals surface area contributed by atoms with Crippen LogP contribution < -0.4 is 4.90 Å². The Morgan fingerprint density at radius 2 is 0.443 bits per heavy atom. The van der Waals surface area contributed by atoms with Crippen LogP contribution in [0.4, 0.5) is 17.1 Å². The lowest BCUT2D eigenvalue weighted by Crippen LogP contribution is -2.09. The van der Waals surface area contributed by atoms with E-state index in [9.17, 15) is 4.79 Å². The highest BCUT2D eigenvalue weighted by Gasteiger charge is 2.17. The second-order valence-corrected chi connectivity index (χ2v) is 29.1. The van der Waals surface area contributed by atoms with E-state index in [0.717, 1.165) is 88.2 Å². The van der Waals surface area contributed by atoms with Crippen LogP contribution in [0.3, 0.4) is 0 Å². The van der Waals surface area contributed by atoms with Crippen molar-refractivity contribution >= 4 is 150 Å². The van der Waals surface area contributed by atoms with Gasteiger partial charge in [0.1, 0.15) is 6.29 Å². The number of anilines is 3. The molecule has 0 bridgehead atoms. The first-order chi connectivity index (χ1) is 52.4. The van der Waals surface area contributed by atoms with Gasteiger partial charge in [-0.05, 0) is 178 Å². The number of hydrogen-bond donors (Lipinski definition) is 0. The zero-order valence-corrected chi connectivity index (χ0v) is 62.5. The molecule has 0 radical (unpaired) electrons. The second kappa shape index (κ2) is 35.6. The van der Waals surface area contributed by atoms with Crippen LogP contribution in [0.25, 0.3) is 126 Å². The van der Waals surface area contributed by atoms with Gasteiger partial charge in [0.05, 0.1) is 0 Å². The number of fused-ring (bicyclic) bond motifs is 9. The first kappa shape index (κ1) is 72.0. The predicted molar refractivity (Wildman–Crippen MR) is 462 cm³/mol. The van der Waals surface area contributed by atoms with Gasteiger partial charge >= 0.3 is 0 Å². The van der Waals surface area contributed by atoms with E-state index < -0.39 is 0 Å². The summed E-state index contributed by atoms with van der Waals surface area (Å²) in [4.78, 5) is 14.4. The third kappa shape index (κ3) is 17.5. The van der Waals surface area contributed by atoms with E-state index in [4.69, 9.17) is 0 Å². The fraction of sp³-hybridized carbons (Fsp3) is 0.238. The number of benzene rings is 11. The lowest BCUT2D eigenvalue weighted by Gasteiger charge is -2.26. The number of rotatable bonds is 35. The van der Waals surface area contributed by atoms with Gasteiger partial charge in [0.15, 0.2) is 0 Å². The Labute approximate surface area is 628 Å². The van der Waals surface area contributed by atoms with Crippen LogP contribution in [-0.2, 0) is 19.6 Å². The van der Waals surface area contributed by atoms with Crippen molar-refractivity contribution in [2.45, 2.75) is 156 Å². The molecule has 0 aliphatic rings. The van der Waals surface area contributed by atoms with Gasteiger partial charge in [-0.2, -0.15) is 0 Å². The van der Waals surface area contributed by atoms with Crippen molar-refractivity contribution in [2.24, 2.45) is 0 Å². The number of para-hydroxylation sites is 2. The van der Waals surface area contributed by atoms with E-state index in [1.807, 2.05) is 6.07 Å². The standard InChI is InChI=1S/C101H102N4O/c1-4-7-10-13-16-23-68-102-96-28-21-19-26-90(96)92-71-83(54-64-98(92)102)45-42-78-34-30-76(31-35-78)38-40-80-48-58-87(59-49-80)105(89-62-52-82(53-63-89)44-47-85-56-66-100-94(73-85)95-74-86(75-106)57-67-101(95)104(100)70-25-18-15-12-9-6-3)88-60-50-81(51-61-88)41-39-77-32-36-79(37-33-77)43-46-84-55-65-99-93(72-84)91-27-20-22-29-97(91)103(99)69-24-17-14-11-8-5-2/h19-22,26-67,71-75H,4-18,23-25,68-70H2,1-3H3/b40-38+,41-39+,45-42+,46-43+,47-44+. The highest BCUT2D eigenvalue weighted by Crippen LogP contribution is 2.38. The third-order valence-electron chi connectivity index (χ3n) is 21.5. The van der Waals surface area contributed by atoms with E-state index in [1.54, 1.807) is 0 Å². The number of hydrogen-bond acceptors (Lipinski definition) is 2. The maximum atomic E-state index is 12.0. The molecule has 5 nitrogen and oxygen atoms in total. The molecule has 0 saturated carbocycles. The molecule has 3 aromatic heterocycles. The van der Waals surface area contributed by atoms with Crippen molar-refractivity contribution in [2.75, 3.05) is 4.90 Å². The second-order valence-electron chi connectivity index (χ2n) is 29.1. The lowest BCUT2D eigenvalue weighted by atomic mass is 10.1. The van der Waals surface area contributed by atoms with Gasteiger partial charge < -0.3 is 18.6 Å². The fourth-order valence-electron chi connectivity index (χ4n) is 15.6. The van der Waals surface area contributed by atoms with Crippen LogP contribution in [0.2, 0.25) is 0 Å². The van der Waals surface area contributed by atoms with Crippen molar-refractivity contribution in [3.05, 3.63) is 304 Å². The number of unbranched alkanes of at least 4 members (excludes halogenated alkanes) is 15. The molecule has 0 atom stereocenters. The Bertz CT molecular complexity index is 5170. The summed E-state index contributed by atoms with van der Waals surface area (Å²) in [5, 5.41) is 7.64. The van der Waals surface area contributed by atoms with Crippen molar-refractivity contribution in [3.8, 4) is 0 Å². The molecule has 0 spiro atoms. The number of aldehydes is 1. The van der Waals surface area contributed by atoms with Crippen molar-refractivity contribution < 1.29 is 4.79 Å². The molecule has 0 fully saturated rings. The van der Waals surface area contributed by atoms with Gasteiger partial charge in [0.25, 0.3) is 0 Å². The van der Waals surface area contributed by atoms with E-state index in [2.05, 4.69) is 337 Å². The number of carbonyl (C=O) groups is 1. The van der Waals surface area contributed by atoms with E-state index >= 15 is 0 Å². The largest absolute Gasteiger partial charge is 0.340 e. The average molecular weight is 1390 g/mol. The third-order valence-corrected chi connectivity index (χ3v) is 21.5. The topological polar surface area (TPSA) is 35.1 Å². The van der Waals surface area contributed by atoms with Gasteiger partial charge in [0.2, 0.25) is 0 Å². The van der Waals surface area contributed by atoms with Crippen LogP contribution in [0.5, 0.6) is 0 Å². The highest BCUT2D eigenvalue weighted by molar-refractivity contribution is 6.11. The molecule has 0 aliphatic heterocycles. The Morgan fingerprint density at radius 3 is 0.736 bits per heavy atom. The quantitative estimate of drug-likeness (QED) is 0.0225. The van der Waals surface area contributed by atoms with E-state index in [1.165, 1.54) is 191 Å². The average Bonchev–Trinajstić information content (AvgIpc) is 1.62. The normalized spacial score (nSPS) is 12.2. The van der Waals surface area contributed by atoms with Gasteiger partial charge in [-0.1, -0.05) is 317 Å². The fourth-order valence-corrected chi connectivity index (χ4v) is 15.6. The summed E-state index contributed by atoms with van der Waals surface area (Å²) in [6, 6.07) is 89.0. The monoisotopic (exact) mass is 1390 g/mol.